The summed E-state index contributed by atoms with van der Waals surface area (Å²) in [6.07, 6.45) is 0.562. The van der Waals surface area contributed by atoms with Gasteiger partial charge in [-0.15, -0.1) is 0 Å². The van der Waals surface area contributed by atoms with Crippen molar-refractivity contribution in [2.24, 2.45) is 5.92 Å². The predicted octanol–water partition coefficient (Wildman–Crippen LogP) is 3.09. The molecule has 0 radical (unpaired) electrons. The van der Waals surface area contributed by atoms with Gasteiger partial charge in [-0.3, -0.25) is 0 Å². The molecule has 2 rings (SSSR count). The van der Waals surface area contributed by atoms with Crippen molar-refractivity contribution >= 4 is 21.6 Å². The maximum absolute atomic E-state index is 8.91. The van der Waals surface area contributed by atoms with Crippen molar-refractivity contribution < 1.29 is 0 Å². The number of hydrogen-bond acceptors (Lipinski definition) is 3. The molecule has 1 saturated heterocycles. The molecule has 0 aliphatic carbocycles. The third-order valence-corrected chi connectivity index (χ3v) is 4.14. The SMILES string of the molecule is Cc1ccc(N2CC(C)CNC(CC#N)C2)c(Br)c1. The molecule has 1 aromatic carbocycles. The first-order valence-corrected chi connectivity index (χ1v) is 7.51. The van der Waals surface area contributed by atoms with Crippen molar-refractivity contribution in [2.75, 3.05) is 24.5 Å². The molecule has 1 heterocycles. The van der Waals surface area contributed by atoms with Gasteiger partial charge in [0, 0.05) is 23.6 Å². The Morgan fingerprint density at radius 1 is 1.47 bits per heavy atom. The number of nitriles is 1. The highest BCUT2D eigenvalue weighted by Crippen LogP contribution is 2.29. The Bertz CT molecular complexity index is 481. The Labute approximate surface area is 123 Å². The molecule has 1 aliphatic rings. The van der Waals surface area contributed by atoms with Crippen LogP contribution in [0.2, 0.25) is 0 Å². The van der Waals surface area contributed by atoms with Crippen LogP contribution in [0.3, 0.4) is 0 Å². The number of nitrogens with one attached hydrogen (secondary N) is 1. The molecule has 0 spiro atoms. The molecule has 1 aromatic rings. The van der Waals surface area contributed by atoms with Crippen LogP contribution in [0, 0.1) is 24.2 Å². The lowest BCUT2D eigenvalue weighted by atomic mass is 10.1. The summed E-state index contributed by atoms with van der Waals surface area (Å²) in [7, 11) is 0. The van der Waals surface area contributed by atoms with Gasteiger partial charge in [-0.05, 0) is 53.0 Å². The van der Waals surface area contributed by atoms with Gasteiger partial charge in [-0.25, -0.2) is 0 Å². The Kier molecular flexibility index (Phi) is 4.84. The quantitative estimate of drug-likeness (QED) is 0.909. The van der Waals surface area contributed by atoms with Gasteiger partial charge in [-0.1, -0.05) is 13.0 Å². The zero-order valence-electron chi connectivity index (χ0n) is 11.5. The molecule has 1 aliphatic heterocycles. The van der Waals surface area contributed by atoms with Crippen molar-refractivity contribution in [2.45, 2.75) is 26.3 Å². The average Bonchev–Trinajstić information content (AvgIpc) is 2.52. The summed E-state index contributed by atoms with van der Waals surface area (Å²) in [4.78, 5) is 2.39. The van der Waals surface area contributed by atoms with Crippen LogP contribution >= 0.6 is 15.9 Å². The Morgan fingerprint density at radius 3 is 2.95 bits per heavy atom. The second-order valence-corrected chi connectivity index (χ2v) is 6.29. The van der Waals surface area contributed by atoms with E-state index in [1.807, 2.05) is 0 Å². The topological polar surface area (TPSA) is 39.1 Å². The molecule has 19 heavy (non-hydrogen) atoms. The average molecular weight is 322 g/mol. The van der Waals surface area contributed by atoms with Gasteiger partial charge >= 0.3 is 0 Å². The van der Waals surface area contributed by atoms with Gasteiger partial charge in [0.1, 0.15) is 0 Å². The molecule has 0 bridgehead atoms. The number of hydrogen-bond donors (Lipinski definition) is 1. The van der Waals surface area contributed by atoms with Crippen LogP contribution < -0.4 is 10.2 Å². The van der Waals surface area contributed by atoms with Crippen LogP contribution in [0.5, 0.6) is 0 Å². The second kappa shape index (κ2) is 6.40. The van der Waals surface area contributed by atoms with Gasteiger partial charge in [0.15, 0.2) is 0 Å². The van der Waals surface area contributed by atoms with E-state index in [-0.39, 0.29) is 6.04 Å². The van der Waals surface area contributed by atoms with E-state index in [2.05, 4.69) is 64.3 Å². The van der Waals surface area contributed by atoms with Crippen molar-refractivity contribution in [1.29, 1.82) is 5.26 Å². The predicted molar refractivity (Wildman–Crippen MR) is 82.3 cm³/mol. The summed E-state index contributed by atoms with van der Waals surface area (Å²) in [6.45, 7) is 7.24. The van der Waals surface area contributed by atoms with Crippen molar-refractivity contribution in [3.63, 3.8) is 0 Å². The lowest BCUT2D eigenvalue weighted by molar-refractivity contribution is 0.509. The zero-order chi connectivity index (χ0) is 13.8. The first kappa shape index (κ1) is 14.4. The van der Waals surface area contributed by atoms with Crippen LogP contribution in [-0.2, 0) is 0 Å². The number of aryl methyl sites for hydroxylation is 1. The number of anilines is 1. The Hall–Kier alpha value is -1.05. The van der Waals surface area contributed by atoms with E-state index in [4.69, 9.17) is 5.26 Å². The van der Waals surface area contributed by atoms with Crippen LogP contribution in [0.1, 0.15) is 18.9 Å². The smallest absolute Gasteiger partial charge is 0.0638 e. The number of nitrogens with zero attached hydrogens (tertiary/aromatic N) is 2. The van der Waals surface area contributed by atoms with E-state index < -0.39 is 0 Å². The van der Waals surface area contributed by atoms with Crippen molar-refractivity contribution in [1.82, 2.24) is 5.32 Å². The molecule has 2 atom stereocenters. The normalized spacial score (nSPS) is 23.8. The number of benzene rings is 1. The van der Waals surface area contributed by atoms with Crippen LogP contribution in [0.4, 0.5) is 5.69 Å². The fraction of sp³-hybridized carbons (Fsp3) is 0.533. The monoisotopic (exact) mass is 321 g/mol. The van der Waals surface area contributed by atoms with Crippen molar-refractivity contribution in [3.8, 4) is 6.07 Å². The van der Waals surface area contributed by atoms with Crippen molar-refractivity contribution in [3.05, 3.63) is 28.2 Å². The van der Waals surface area contributed by atoms with Gasteiger partial charge in [0.25, 0.3) is 0 Å². The van der Waals surface area contributed by atoms with E-state index in [0.29, 0.717) is 12.3 Å². The molecule has 0 aromatic heterocycles. The van der Waals surface area contributed by atoms with E-state index >= 15 is 0 Å². The van der Waals surface area contributed by atoms with Crippen LogP contribution in [-0.4, -0.2) is 25.7 Å². The van der Waals surface area contributed by atoms with E-state index in [9.17, 15) is 0 Å². The van der Waals surface area contributed by atoms with E-state index in [1.165, 1.54) is 11.3 Å². The summed E-state index contributed by atoms with van der Waals surface area (Å²) >= 11 is 3.66. The summed E-state index contributed by atoms with van der Waals surface area (Å²) in [5.41, 5.74) is 2.48. The first-order valence-electron chi connectivity index (χ1n) is 6.71. The maximum atomic E-state index is 8.91. The van der Waals surface area contributed by atoms with Gasteiger partial charge in [-0.2, -0.15) is 5.26 Å². The fourth-order valence-corrected chi connectivity index (χ4v) is 3.27. The Balaban J connectivity index is 2.22. The maximum Gasteiger partial charge on any atom is 0.0638 e. The third-order valence-electron chi connectivity index (χ3n) is 3.51. The molecular weight excluding hydrogens is 302 g/mol. The van der Waals surface area contributed by atoms with Gasteiger partial charge in [0.2, 0.25) is 0 Å². The zero-order valence-corrected chi connectivity index (χ0v) is 13.1. The highest BCUT2D eigenvalue weighted by Gasteiger charge is 2.22. The lowest BCUT2D eigenvalue weighted by Crippen LogP contribution is -2.37. The molecule has 3 nitrogen and oxygen atoms in total. The number of halogens is 1. The molecule has 1 fully saturated rings. The van der Waals surface area contributed by atoms with E-state index in [0.717, 1.165) is 24.1 Å². The summed E-state index contributed by atoms with van der Waals surface area (Å²) in [6, 6.07) is 8.99. The lowest BCUT2D eigenvalue weighted by Gasteiger charge is -2.27. The van der Waals surface area contributed by atoms with E-state index in [1.54, 1.807) is 0 Å². The minimum absolute atomic E-state index is 0.253. The Morgan fingerprint density at radius 2 is 2.26 bits per heavy atom. The fourth-order valence-electron chi connectivity index (χ4n) is 2.53. The second-order valence-electron chi connectivity index (χ2n) is 5.43. The first-order chi connectivity index (χ1) is 9.10. The highest BCUT2D eigenvalue weighted by atomic mass is 79.9. The largest absolute Gasteiger partial charge is 0.369 e. The molecule has 102 valence electrons. The van der Waals surface area contributed by atoms with Gasteiger partial charge < -0.3 is 10.2 Å². The molecule has 2 unspecified atom stereocenters. The molecule has 1 N–H and O–H groups in total. The molecule has 0 amide bonds. The minimum atomic E-state index is 0.253. The summed E-state index contributed by atoms with van der Waals surface area (Å²) in [5.74, 6) is 0.580. The third kappa shape index (κ3) is 3.71. The van der Waals surface area contributed by atoms with Crippen LogP contribution in [0.25, 0.3) is 0 Å². The summed E-state index contributed by atoms with van der Waals surface area (Å²) < 4.78 is 1.14. The molecule has 0 saturated carbocycles. The highest BCUT2D eigenvalue weighted by molar-refractivity contribution is 9.10. The standard InChI is InChI=1S/C15H20BrN3/c1-11-3-4-15(14(16)7-11)19-9-12(2)8-18-13(10-19)5-6-17/h3-4,7,12-13,18H,5,8-10H2,1-2H3. The van der Waals surface area contributed by atoms with Crippen LogP contribution in [0.15, 0.2) is 22.7 Å². The molecular formula is C15H20BrN3. The molecule has 4 heteroatoms. The van der Waals surface area contributed by atoms with Gasteiger partial charge in [0.05, 0.1) is 18.2 Å². The minimum Gasteiger partial charge on any atom is -0.369 e. The number of rotatable bonds is 2. The summed E-state index contributed by atoms with van der Waals surface area (Å²) in [5, 5.41) is 12.4.